The molecule has 0 aromatic carbocycles. The lowest BCUT2D eigenvalue weighted by Gasteiger charge is -2.14. The Morgan fingerprint density at radius 1 is 1.50 bits per heavy atom. The summed E-state index contributed by atoms with van der Waals surface area (Å²) < 4.78 is 1.60. The van der Waals surface area contributed by atoms with E-state index in [9.17, 15) is 4.79 Å². The maximum Gasteiger partial charge on any atom is 0.354 e. The molecule has 0 amide bonds. The number of carboxylic acids is 1. The van der Waals surface area contributed by atoms with E-state index in [0.29, 0.717) is 12.2 Å². The maximum absolute atomic E-state index is 11.1. The summed E-state index contributed by atoms with van der Waals surface area (Å²) in [5.41, 5.74) is 1.01. The summed E-state index contributed by atoms with van der Waals surface area (Å²) in [4.78, 5) is 11.1. The first-order valence-corrected chi connectivity index (χ1v) is 5.68. The molecule has 1 rings (SSSR count). The molecule has 1 heterocycles. The molecule has 0 atom stereocenters. The zero-order valence-electron chi connectivity index (χ0n) is 10.4. The van der Waals surface area contributed by atoms with Crippen LogP contribution in [0.5, 0.6) is 0 Å². The lowest BCUT2D eigenvalue weighted by Crippen LogP contribution is -2.13. The van der Waals surface area contributed by atoms with Gasteiger partial charge in [-0.3, -0.25) is 4.68 Å². The van der Waals surface area contributed by atoms with E-state index in [4.69, 9.17) is 5.11 Å². The standard InChI is InChI=1S/C12H20N2O2/c1-5-6-7-14-9(11(15)16)8-10(13-14)12(2,3)4/h8H,5-7H2,1-4H3,(H,15,16). The number of rotatable bonds is 4. The van der Waals surface area contributed by atoms with Crippen LogP contribution < -0.4 is 0 Å². The van der Waals surface area contributed by atoms with Gasteiger partial charge in [-0.1, -0.05) is 34.1 Å². The molecule has 0 saturated heterocycles. The third-order valence-corrected chi connectivity index (χ3v) is 2.49. The lowest BCUT2D eigenvalue weighted by atomic mass is 9.92. The van der Waals surface area contributed by atoms with Crippen molar-refractivity contribution in [2.24, 2.45) is 0 Å². The summed E-state index contributed by atoms with van der Waals surface area (Å²) in [6.07, 6.45) is 1.98. The van der Waals surface area contributed by atoms with Gasteiger partial charge in [0.25, 0.3) is 0 Å². The first kappa shape index (κ1) is 12.7. The van der Waals surface area contributed by atoms with Gasteiger partial charge in [0.15, 0.2) is 0 Å². The normalized spacial score (nSPS) is 11.8. The van der Waals surface area contributed by atoms with Gasteiger partial charge in [0, 0.05) is 12.0 Å². The zero-order valence-corrected chi connectivity index (χ0v) is 10.4. The molecular weight excluding hydrogens is 204 g/mol. The Labute approximate surface area is 96.3 Å². The van der Waals surface area contributed by atoms with Crippen molar-refractivity contribution in [2.75, 3.05) is 0 Å². The summed E-state index contributed by atoms with van der Waals surface area (Å²) in [6, 6.07) is 1.68. The van der Waals surface area contributed by atoms with Gasteiger partial charge in [-0.15, -0.1) is 0 Å². The number of carboxylic acid groups (broad SMARTS) is 1. The number of aryl methyl sites for hydroxylation is 1. The van der Waals surface area contributed by atoms with Gasteiger partial charge in [0.05, 0.1) is 5.69 Å². The van der Waals surface area contributed by atoms with E-state index in [1.54, 1.807) is 10.7 Å². The Balaban J connectivity index is 3.05. The van der Waals surface area contributed by atoms with Gasteiger partial charge in [-0.2, -0.15) is 5.10 Å². The molecule has 16 heavy (non-hydrogen) atoms. The fourth-order valence-corrected chi connectivity index (χ4v) is 1.43. The molecule has 0 radical (unpaired) electrons. The van der Waals surface area contributed by atoms with Crippen LogP contribution in [-0.4, -0.2) is 20.9 Å². The van der Waals surface area contributed by atoms with Crippen LogP contribution in [0.4, 0.5) is 0 Å². The highest BCUT2D eigenvalue weighted by Crippen LogP contribution is 2.22. The van der Waals surface area contributed by atoms with E-state index in [2.05, 4.69) is 12.0 Å². The number of aromatic nitrogens is 2. The van der Waals surface area contributed by atoms with Gasteiger partial charge in [-0.05, 0) is 12.5 Å². The molecule has 4 nitrogen and oxygen atoms in total. The van der Waals surface area contributed by atoms with Gasteiger partial charge < -0.3 is 5.11 Å². The van der Waals surface area contributed by atoms with Gasteiger partial charge >= 0.3 is 5.97 Å². The topological polar surface area (TPSA) is 55.1 Å². The second-order valence-corrected chi connectivity index (χ2v) is 5.05. The lowest BCUT2D eigenvalue weighted by molar-refractivity contribution is 0.0683. The molecule has 0 unspecified atom stereocenters. The van der Waals surface area contributed by atoms with Crippen LogP contribution in [0.25, 0.3) is 0 Å². The van der Waals surface area contributed by atoms with E-state index >= 15 is 0 Å². The maximum atomic E-state index is 11.1. The third-order valence-electron chi connectivity index (χ3n) is 2.49. The van der Waals surface area contributed by atoms with Crippen LogP contribution in [0.2, 0.25) is 0 Å². The first-order valence-electron chi connectivity index (χ1n) is 5.68. The van der Waals surface area contributed by atoms with Crippen LogP contribution in [0.15, 0.2) is 6.07 Å². The number of nitrogens with zero attached hydrogens (tertiary/aromatic N) is 2. The van der Waals surface area contributed by atoms with Crippen LogP contribution in [0, 0.1) is 0 Å². The predicted octanol–water partition coefficient (Wildman–Crippen LogP) is 2.68. The molecule has 0 fully saturated rings. The van der Waals surface area contributed by atoms with E-state index in [1.807, 2.05) is 20.8 Å². The Bertz CT molecular complexity index is 375. The Hall–Kier alpha value is -1.32. The van der Waals surface area contributed by atoms with Crippen molar-refractivity contribution in [3.8, 4) is 0 Å². The summed E-state index contributed by atoms with van der Waals surface area (Å²) in [7, 11) is 0. The fourth-order valence-electron chi connectivity index (χ4n) is 1.43. The van der Waals surface area contributed by atoms with Crippen molar-refractivity contribution in [1.82, 2.24) is 9.78 Å². The van der Waals surface area contributed by atoms with Crippen molar-refractivity contribution >= 4 is 5.97 Å². The zero-order chi connectivity index (χ0) is 12.3. The smallest absolute Gasteiger partial charge is 0.354 e. The molecule has 0 aliphatic heterocycles. The molecule has 4 heteroatoms. The average molecular weight is 224 g/mol. The summed E-state index contributed by atoms with van der Waals surface area (Å²) >= 11 is 0. The van der Waals surface area contributed by atoms with Gasteiger partial charge in [0.2, 0.25) is 0 Å². The number of unbranched alkanes of at least 4 members (excludes halogenated alkanes) is 1. The first-order chi connectivity index (χ1) is 7.36. The molecule has 1 aromatic heterocycles. The molecule has 0 aliphatic carbocycles. The minimum atomic E-state index is -0.904. The minimum Gasteiger partial charge on any atom is -0.477 e. The summed E-state index contributed by atoms with van der Waals surface area (Å²) in [5.74, 6) is -0.904. The average Bonchev–Trinajstić information content (AvgIpc) is 2.57. The Morgan fingerprint density at radius 2 is 2.12 bits per heavy atom. The second kappa shape index (κ2) is 4.68. The van der Waals surface area contributed by atoms with Crippen molar-refractivity contribution < 1.29 is 9.90 Å². The highest BCUT2D eigenvalue weighted by atomic mass is 16.4. The van der Waals surface area contributed by atoms with Gasteiger partial charge in [0.1, 0.15) is 5.69 Å². The van der Waals surface area contributed by atoms with E-state index in [-0.39, 0.29) is 5.41 Å². The van der Waals surface area contributed by atoms with Crippen molar-refractivity contribution in [3.63, 3.8) is 0 Å². The molecule has 1 N–H and O–H groups in total. The SMILES string of the molecule is CCCCn1nc(C(C)(C)C)cc1C(=O)O. The monoisotopic (exact) mass is 224 g/mol. The number of hydrogen-bond donors (Lipinski definition) is 1. The fraction of sp³-hybridized carbons (Fsp3) is 0.667. The van der Waals surface area contributed by atoms with Crippen LogP contribution >= 0.6 is 0 Å². The Kier molecular flexibility index (Phi) is 3.73. The van der Waals surface area contributed by atoms with Crippen LogP contribution in [0.3, 0.4) is 0 Å². The summed E-state index contributed by atoms with van der Waals surface area (Å²) in [6.45, 7) is 8.85. The molecular formula is C12H20N2O2. The van der Waals surface area contributed by atoms with Crippen LogP contribution in [-0.2, 0) is 12.0 Å². The van der Waals surface area contributed by atoms with Gasteiger partial charge in [-0.25, -0.2) is 4.79 Å². The van der Waals surface area contributed by atoms with E-state index in [0.717, 1.165) is 18.5 Å². The quantitative estimate of drug-likeness (QED) is 0.855. The molecule has 0 spiro atoms. The Morgan fingerprint density at radius 3 is 2.56 bits per heavy atom. The number of aromatic carboxylic acids is 1. The second-order valence-electron chi connectivity index (χ2n) is 5.05. The molecule has 90 valence electrons. The largest absolute Gasteiger partial charge is 0.477 e. The van der Waals surface area contributed by atoms with E-state index < -0.39 is 5.97 Å². The minimum absolute atomic E-state index is 0.109. The van der Waals surface area contributed by atoms with Crippen molar-refractivity contribution in [3.05, 3.63) is 17.5 Å². The molecule has 1 aromatic rings. The third kappa shape index (κ3) is 2.84. The molecule has 0 saturated carbocycles. The molecule has 0 aliphatic rings. The van der Waals surface area contributed by atoms with Crippen LogP contribution in [0.1, 0.15) is 56.7 Å². The van der Waals surface area contributed by atoms with E-state index in [1.165, 1.54) is 0 Å². The highest BCUT2D eigenvalue weighted by molar-refractivity contribution is 5.85. The predicted molar refractivity (Wildman–Crippen MR) is 62.8 cm³/mol. The highest BCUT2D eigenvalue weighted by Gasteiger charge is 2.22. The van der Waals surface area contributed by atoms with Crippen molar-refractivity contribution in [1.29, 1.82) is 0 Å². The molecule has 0 bridgehead atoms. The number of hydrogen-bond acceptors (Lipinski definition) is 2. The number of carbonyl (C=O) groups is 1. The summed E-state index contributed by atoms with van der Waals surface area (Å²) in [5, 5.41) is 13.5. The van der Waals surface area contributed by atoms with Crippen molar-refractivity contribution in [2.45, 2.75) is 52.5 Å².